The first-order valence-electron chi connectivity index (χ1n) is 4.79. The van der Waals surface area contributed by atoms with E-state index in [4.69, 9.17) is 5.41 Å². The van der Waals surface area contributed by atoms with Crippen LogP contribution in [-0.2, 0) is 10.7 Å². The molecule has 0 aliphatic heterocycles. The van der Waals surface area contributed by atoms with Crippen molar-refractivity contribution < 1.29 is 8.42 Å². The van der Waals surface area contributed by atoms with E-state index >= 15 is 0 Å². The van der Waals surface area contributed by atoms with Crippen molar-refractivity contribution in [3.05, 3.63) is 29.8 Å². The van der Waals surface area contributed by atoms with Crippen LogP contribution in [0.1, 0.15) is 31.7 Å². The second-order valence-corrected chi connectivity index (χ2v) is 4.70. The number of hydrogen-bond donors (Lipinski definition) is 2. The van der Waals surface area contributed by atoms with Gasteiger partial charge in [0.1, 0.15) is 0 Å². The average molecular weight is 225 g/mol. The summed E-state index contributed by atoms with van der Waals surface area (Å²) in [5.41, 5.74) is 1.37. The van der Waals surface area contributed by atoms with Gasteiger partial charge in [0.2, 0.25) is 0 Å². The van der Waals surface area contributed by atoms with Gasteiger partial charge in [-0.2, -0.15) is 0 Å². The van der Waals surface area contributed by atoms with Crippen LogP contribution in [-0.4, -0.2) is 14.1 Å². The van der Waals surface area contributed by atoms with Gasteiger partial charge in [-0.15, -0.1) is 0 Å². The lowest BCUT2D eigenvalue weighted by Gasteiger charge is -2.12. The minimum atomic E-state index is -2.54. The van der Waals surface area contributed by atoms with Crippen LogP contribution in [0.15, 0.2) is 29.2 Å². The zero-order valence-corrected chi connectivity index (χ0v) is 9.75. The summed E-state index contributed by atoms with van der Waals surface area (Å²) >= 11 is 0. The molecule has 0 bridgehead atoms. The van der Waals surface area contributed by atoms with Gasteiger partial charge in [0.05, 0.1) is 4.90 Å². The molecule has 0 heterocycles. The molecule has 1 atom stereocenters. The van der Waals surface area contributed by atoms with Crippen molar-refractivity contribution in [3.8, 4) is 0 Å². The molecule has 1 aromatic rings. The maximum Gasteiger partial charge on any atom is 0.168 e. The standard InChI is InChI=1S/C11H15NO2S/c1-8(7-9(2)12)10-5-3-4-6-11(10)15(13)14/h3-6,8,12,15H,7H2,1-2H3/t8-/m0/s1. The fourth-order valence-electron chi connectivity index (χ4n) is 1.64. The summed E-state index contributed by atoms with van der Waals surface area (Å²) in [5, 5.41) is 7.40. The van der Waals surface area contributed by atoms with Crippen LogP contribution in [0.5, 0.6) is 0 Å². The average Bonchev–Trinajstić information content (AvgIpc) is 2.16. The molecule has 3 nitrogen and oxygen atoms in total. The minimum absolute atomic E-state index is 0.0756. The van der Waals surface area contributed by atoms with E-state index in [1.54, 1.807) is 19.1 Å². The van der Waals surface area contributed by atoms with E-state index in [9.17, 15) is 8.42 Å². The molecular formula is C11H15NO2S. The van der Waals surface area contributed by atoms with Crippen LogP contribution in [0.4, 0.5) is 0 Å². The van der Waals surface area contributed by atoms with Crippen LogP contribution in [0.2, 0.25) is 0 Å². The van der Waals surface area contributed by atoms with Gasteiger partial charge in [-0.05, 0) is 30.9 Å². The van der Waals surface area contributed by atoms with Crippen LogP contribution in [0.25, 0.3) is 0 Å². The summed E-state index contributed by atoms with van der Waals surface area (Å²) < 4.78 is 22.0. The zero-order chi connectivity index (χ0) is 11.4. The molecule has 82 valence electrons. The third-order valence-corrected chi connectivity index (χ3v) is 3.08. The first-order chi connectivity index (χ1) is 7.02. The molecule has 0 aliphatic carbocycles. The highest BCUT2D eigenvalue weighted by atomic mass is 32.2. The van der Waals surface area contributed by atoms with E-state index in [1.807, 2.05) is 19.1 Å². The first kappa shape index (κ1) is 11.9. The number of thiol groups is 1. The zero-order valence-electron chi connectivity index (χ0n) is 8.86. The monoisotopic (exact) mass is 225 g/mol. The molecular weight excluding hydrogens is 210 g/mol. The van der Waals surface area contributed by atoms with E-state index in [0.29, 0.717) is 17.0 Å². The summed E-state index contributed by atoms with van der Waals surface area (Å²) in [6.07, 6.45) is 0.597. The minimum Gasteiger partial charge on any atom is -0.310 e. The van der Waals surface area contributed by atoms with E-state index in [2.05, 4.69) is 0 Å². The second-order valence-electron chi connectivity index (χ2n) is 3.70. The number of rotatable bonds is 4. The third-order valence-electron chi connectivity index (χ3n) is 2.28. The van der Waals surface area contributed by atoms with Crippen LogP contribution >= 0.6 is 0 Å². The molecule has 0 unspecified atom stereocenters. The molecule has 0 spiro atoms. The molecule has 1 N–H and O–H groups in total. The van der Waals surface area contributed by atoms with Crippen LogP contribution < -0.4 is 0 Å². The fraction of sp³-hybridized carbons (Fsp3) is 0.364. The van der Waals surface area contributed by atoms with Gasteiger partial charge < -0.3 is 5.41 Å². The Balaban J connectivity index is 3.07. The van der Waals surface area contributed by atoms with Crippen LogP contribution in [0.3, 0.4) is 0 Å². The molecule has 1 rings (SSSR count). The van der Waals surface area contributed by atoms with Crippen molar-refractivity contribution in [1.29, 1.82) is 5.41 Å². The van der Waals surface area contributed by atoms with Gasteiger partial charge in [0, 0.05) is 5.71 Å². The molecule has 4 heteroatoms. The highest BCUT2D eigenvalue weighted by Gasteiger charge is 2.12. The maximum absolute atomic E-state index is 11.0. The molecule has 1 aromatic carbocycles. The molecule has 0 saturated heterocycles. The Morgan fingerprint density at radius 2 is 2.00 bits per heavy atom. The lowest BCUT2D eigenvalue weighted by Crippen LogP contribution is -2.02. The normalized spacial score (nSPS) is 12.7. The number of nitrogens with one attached hydrogen (secondary N) is 1. The third kappa shape index (κ3) is 3.16. The van der Waals surface area contributed by atoms with Crippen molar-refractivity contribution >= 4 is 16.4 Å². The first-order valence-corrected chi connectivity index (χ1v) is 5.97. The lowest BCUT2D eigenvalue weighted by atomic mass is 9.96. The Morgan fingerprint density at radius 1 is 1.40 bits per heavy atom. The van der Waals surface area contributed by atoms with Crippen molar-refractivity contribution in [2.24, 2.45) is 0 Å². The topological polar surface area (TPSA) is 58.0 Å². The Bertz CT molecular complexity index is 430. The van der Waals surface area contributed by atoms with Gasteiger partial charge in [-0.1, -0.05) is 25.1 Å². The van der Waals surface area contributed by atoms with Crippen molar-refractivity contribution in [3.63, 3.8) is 0 Å². The van der Waals surface area contributed by atoms with Crippen molar-refractivity contribution in [2.45, 2.75) is 31.1 Å². The van der Waals surface area contributed by atoms with E-state index in [0.717, 1.165) is 5.56 Å². The summed E-state index contributed by atoms with van der Waals surface area (Å²) in [6.45, 7) is 3.67. The summed E-state index contributed by atoms with van der Waals surface area (Å²) in [6, 6.07) is 6.96. The van der Waals surface area contributed by atoms with Gasteiger partial charge in [0.15, 0.2) is 10.7 Å². The van der Waals surface area contributed by atoms with E-state index in [1.165, 1.54) is 0 Å². The molecule has 0 aliphatic rings. The Kier molecular flexibility index (Phi) is 4.03. The Morgan fingerprint density at radius 3 is 2.53 bits per heavy atom. The van der Waals surface area contributed by atoms with Gasteiger partial charge in [0.25, 0.3) is 0 Å². The fourth-order valence-corrected chi connectivity index (χ4v) is 2.35. The highest BCUT2D eigenvalue weighted by Crippen LogP contribution is 2.23. The number of benzene rings is 1. The SMILES string of the molecule is CC(=N)C[C@H](C)c1ccccc1[SH](=O)=O. The summed E-state index contributed by atoms with van der Waals surface area (Å²) in [7, 11) is -2.54. The molecule has 0 aromatic heterocycles. The van der Waals surface area contributed by atoms with Gasteiger partial charge >= 0.3 is 0 Å². The quantitative estimate of drug-likeness (QED) is 0.609. The second kappa shape index (κ2) is 5.07. The number of hydrogen-bond acceptors (Lipinski definition) is 3. The van der Waals surface area contributed by atoms with Crippen molar-refractivity contribution in [2.75, 3.05) is 0 Å². The molecule has 0 amide bonds. The Hall–Kier alpha value is -1.16. The predicted octanol–water partition coefficient (Wildman–Crippen LogP) is 2.19. The highest BCUT2D eigenvalue weighted by molar-refractivity contribution is 7.72. The smallest absolute Gasteiger partial charge is 0.168 e. The predicted molar refractivity (Wildman–Crippen MR) is 61.5 cm³/mol. The molecule has 15 heavy (non-hydrogen) atoms. The van der Waals surface area contributed by atoms with E-state index < -0.39 is 10.7 Å². The van der Waals surface area contributed by atoms with Gasteiger partial charge in [-0.25, -0.2) is 8.42 Å². The largest absolute Gasteiger partial charge is 0.310 e. The maximum atomic E-state index is 11.0. The summed E-state index contributed by atoms with van der Waals surface area (Å²) in [5.74, 6) is 0.0756. The lowest BCUT2D eigenvalue weighted by molar-refractivity contribution is 0.612. The molecule has 0 saturated carbocycles. The van der Waals surface area contributed by atoms with E-state index in [-0.39, 0.29) is 5.92 Å². The molecule has 0 fully saturated rings. The van der Waals surface area contributed by atoms with Crippen molar-refractivity contribution in [1.82, 2.24) is 0 Å². The summed E-state index contributed by atoms with van der Waals surface area (Å²) in [4.78, 5) is 0.376. The Labute approximate surface area is 91.6 Å². The van der Waals surface area contributed by atoms with Gasteiger partial charge in [-0.3, -0.25) is 0 Å². The molecule has 0 radical (unpaired) electrons. The van der Waals surface area contributed by atoms with Crippen LogP contribution in [0, 0.1) is 5.41 Å².